The molecular formula is C7H6BrF2NO2. The van der Waals surface area contributed by atoms with Gasteiger partial charge in [0.15, 0.2) is 5.43 Å². The molecule has 0 fully saturated rings. The van der Waals surface area contributed by atoms with Crippen molar-refractivity contribution in [1.29, 1.82) is 0 Å². The van der Waals surface area contributed by atoms with Gasteiger partial charge in [-0.1, -0.05) is 0 Å². The highest BCUT2D eigenvalue weighted by Crippen LogP contribution is 2.22. The van der Waals surface area contributed by atoms with Crippen LogP contribution in [0.5, 0.6) is 0 Å². The second kappa shape index (κ2) is 3.97. The predicted molar refractivity (Wildman–Crippen MR) is 45.6 cm³/mol. The Hall–Kier alpha value is -0.750. The molecule has 0 radical (unpaired) electrons. The second-order valence-electron chi connectivity index (χ2n) is 2.33. The molecule has 0 saturated carbocycles. The molecule has 2 N–H and O–H groups in total. The maximum Gasteiger partial charge on any atom is 0.270 e. The van der Waals surface area contributed by atoms with Gasteiger partial charge in [-0.3, -0.25) is 4.79 Å². The average molecular weight is 254 g/mol. The fourth-order valence-electron chi connectivity index (χ4n) is 0.879. The van der Waals surface area contributed by atoms with E-state index in [4.69, 9.17) is 5.11 Å². The van der Waals surface area contributed by atoms with Crippen LogP contribution < -0.4 is 5.43 Å². The summed E-state index contributed by atoms with van der Waals surface area (Å²) in [6, 6.07) is 0. The number of halogens is 3. The number of hydrogen-bond acceptors (Lipinski definition) is 2. The van der Waals surface area contributed by atoms with E-state index in [1.165, 1.54) is 6.20 Å². The normalized spacial score (nSPS) is 10.8. The summed E-state index contributed by atoms with van der Waals surface area (Å²) in [5, 5.41) is 8.64. The van der Waals surface area contributed by atoms with Crippen molar-refractivity contribution in [3.63, 3.8) is 0 Å². The van der Waals surface area contributed by atoms with Crippen molar-refractivity contribution in [2.45, 2.75) is 13.0 Å². The lowest BCUT2D eigenvalue weighted by atomic mass is 10.2. The maximum atomic E-state index is 12.3. The number of aliphatic hydroxyl groups is 1. The van der Waals surface area contributed by atoms with Gasteiger partial charge in [-0.15, -0.1) is 0 Å². The van der Waals surface area contributed by atoms with Gasteiger partial charge in [0.2, 0.25) is 0 Å². The van der Waals surface area contributed by atoms with Gasteiger partial charge in [0, 0.05) is 11.8 Å². The van der Waals surface area contributed by atoms with Crippen molar-refractivity contribution < 1.29 is 13.9 Å². The molecule has 1 rings (SSSR count). The largest absolute Gasteiger partial charge is 0.391 e. The van der Waals surface area contributed by atoms with E-state index in [9.17, 15) is 13.6 Å². The number of pyridine rings is 1. The molecule has 0 atom stereocenters. The molecule has 72 valence electrons. The molecule has 0 aliphatic rings. The number of aliphatic hydroxyl groups excluding tert-OH is 1. The standard InChI is InChI=1S/C7H6BrF2NO2/c8-6-4(7(9)10)5(13)3(2-12)1-11-6/h1,7,12H,2H2,(H,11,13). The molecule has 13 heavy (non-hydrogen) atoms. The summed E-state index contributed by atoms with van der Waals surface area (Å²) in [5.74, 6) is 0. The zero-order valence-corrected chi connectivity index (χ0v) is 7.94. The molecule has 0 aliphatic carbocycles. The van der Waals surface area contributed by atoms with Gasteiger partial charge in [0.25, 0.3) is 6.43 Å². The van der Waals surface area contributed by atoms with Crippen LogP contribution in [0.3, 0.4) is 0 Å². The van der Waals surface area contributed by atoms with Gasteiger partial charge in [0.05, 0.1) is 16.8 Å². The first-order chi connectivity index (χ1) is 6.07. The summed E-state index contributed by atoms with van der Waals surface area (Å²) in [6.45, 7) is -0.553. The van der Waals surface area contributed by atoms with Crippen LogP contribution in [0.15, 0.2) is 15.6 Å². The Labute approximate surface area is 80.5 Å². The highest BCUT2D eigenvalue weighted by atomic mass is 79.9. The molecule has 1 aromatic rings. The van der Waals surface area contributed by atoms with E-state index < -0.39 is 24.0 Å². The average Bonchev–Trinajstić information content (AvgIpc) is 2.04. The lowest BCUT2D eigenvalue weighted by Crippen LogP contribution is -2.16. The first kappa shape index (κ1) is 10.3. The van der Waals surface area contributed by atoms with Crippen molar-refractivity contribution in [2.24, 2.45) is 0 Å². The van der Waals surface area contributed by atoms with Crippen LogP contribution in [0, 0.1) is 0 Å². The number of rotatable bonds is 2. The summed E-state index contributed by atoms with van der Waals surface area (Å²) in [7, 11) is 0. The van der Waals surface area contributed by atoms with Gasteiger partial charge < -0.3 is 10.1 Å². The first-order valence-electron chi connectivity index (χ1n) is 3.37. The molecule has 0 aromatic carbocycles. The predicted octanol–water partition coefficient (Wildman–Crippen LogP) is 1.57. The monoisotopic (exact) mass is 253 g/mol. The summed E-state index contributed by atoms with van der Waals surface area (Å²) in [6.07, 6.45) is -1.66. The van der Waals surface area contributed by atoms with Crippen LogP contribution >= 0.6 is 15.9 Å². The van der Waals surface area contributed by atoms with Crippen LogP contribution in [0.25, 0.3) is 0 Å². The number of H-pyrrole nitrogens is 1. The van der Waals surface area contributed by atoms with Crippen molar-refractivity contribution in [3.8, 4) is 0 Å². The van der Waals surface area contributed by atoms with Crippen molar-refractivity contribution >= 4 is 15.9 Å². The smallest absolute Gasteiger partial charge is 0.270 e. The fraction of sp³-hybridized carbons (Fsp3) is 0.286. The van der Waals surface area contributed by atoms with Gasteiger partial charge >= 0.3 is 0 Å². The van der Waals surface area contributed by atoms with E-state index in [0.717, 1.165) is 0 Å². The third kappa shape index (κ3) is 1.94. The van der Waals surface area contributed by atoms with Crippen LogP contribution in [-0.2, 0) is 6.61 Å². The summed E-state index contributed by atoms with van der Waals surface area (Å²) < 4.78 is 24.5. The molecule has 1 heterocycles. The zero-order valence-electron chi connectivity index (χ0n) is 6.35. The minimum absolute atomic E-state index is 0.0512. The Balaban J connectivity index is 3.39. The molecule has 0 spiro atoms. The van der Waals surface area contributed by atoms with Crippen molar-refractivity contribution in [1.82, 2.24) is 4.98 Å². The lowest BCUT2D eigenvalue weighted by Gasteiger charge is -2.03. The van der Waals surface area contributed by atoms with Crippen molar-refractivity contribution in [2.75, 3.05) is 0 Å². The Kier molecular flexibility index (Phi) is 3.16. The van der Waals surface area contributed by atoms with E-state index >= 15 is 0 Å². The third-order valence-corrected chi connectivity index (χ3v) is 2.19. The molecule has 0 saturated heterocycles. The summed E-state index contributed by atoms with van der Waals surface area (Å²) in [5.41, 5.74) is -1.55. The van der Waals surface area contributed by atoms with Gasteiger partial charge in [-0.25, -0.2) is 8.78 Å². The molecule has 0 unspecified atom stereocenters. The minimum atomic E-state index is -2.86. The number of hydrogen-bond donors (Lipinski definition) is 2. The summed E-state index contributed by atoms with van der Waals surface area (Å²) >= 11 is 2.79. The SMILES string of the molecule is O=c1c(CO)c[nH]c(Br)c1C(F)F. The Morgan fingerprint density at radius 2 is 2.23 bits per heavy atom. The van der Waals surface area contributed by atoms with E-state index in [1.807, 2.05) is 0 Å². The highest BCUT2D eigenvalue weighted by Gasteiger charge is 2.18. The van der Waals surface area contributed by atoms with E-state index in [2.05, 4.69) is 20.9 Å². The fourth-order valence-corrected chi connectivity index (χ4v) is 1.35. The Morgan fingerprint density at radius 1 is 1.62 bits per heavy atom. The first-order valence-corrected chi connectivity index (χ1v) is 4.16. The summed E-state index contributed by atoms with van der Waals surface area (Å²) in [4.78, 5) is 13.6. The molecule has 1 aromatic heterocycles. The Morgan fingerprint density at radius 3 is 2.69 bits per heavy atom. The van der Waals surface area contributed by atoms with E-state index in [1.54, 1.807) is 0 Å². The topological polar surface area (TPSA) is 53.1 Å². The highest BCUT2D eigenvalue weighted by molar-refractivity contribution is 9.10. The third-order valence-electron chi connectivity index (χ3n) is 1.53. The number of nitrogens with one attached hydrogen (secondary N) is 1. The maximum absolute atomic E-state index is 12.3. The molecule has 6 heteroatoms. The van der Waals surface area contributed by atoms with Crippen LogP contribution in [-0.4, -0.2) is 10.1 Å². The number of alkyl halides is 2. The van der Waals surface area contributed by atoms with Gasteiger partial charge in [-0.05, 0) is 15.9 Å². The number of aromatic nitrogens is 1. The van der Waals surface area contributed by atoms with Crippen LogP contribution in [0.4, 0.5) is 8.78 Å². The van der Waals surface area contributed by atoms with Crippen LogP contribution in [0.1, 0.15) is 17.6 Å². The van der Waals surface area contributed by atoms with E-state index in [-0.39, 0.29) is 10.2 Å². The molecule has 3 nitrogen and oxygen atoms in total. The van der Waals surface area contributed by atoms with Gasteiger partial charge in [0.1, 0.15) is 0 Å². The molecule has 0 amide bonds. The van der Waals surface area contributed by atoms with Crippen molar-refractivity contribution in [3.05, 3.63) is 32.2 Å². The molecular weight excluding hydrogens is 248 g/mol. The van der Waals surface area contributed by atoms with Crippen LogP contribution in [0.2, 0.25) is 0 Å². The zero-order chi connectivity index (χ0) is 10.0. The lowest BCUT2D eigenvalue weighted by molar-refractivity contribution is 0.148. The number of aromatic amines is 1. The minimum Gasteiger partial charge on any atom is -0.391 e. The molecule has 0 bridgehead atoms. The van der Waals surface area contributed by atoms with Gasteiger partial charge in [-0.2, -0.15) is 0 Å². The second-order valence-corrected chi connectivity index (χ2v) is 3.12. The van der Waals surface area contributed by atoms with E-state index in [0.29, 0.717) is 0 Å². The quantitative estimate of drug-likeness (QED) is 0.787. The Bertz CT molecular complexity index is 364. The molecule has 0 aliphatic heterocycles.